The first kappa shape index (κ1) is 14.4. The normalized spacial score (nSPS) is 17.0. The molecule has 6 heteroatoms. The zero-order valence-corrected chi connectivity index (χ0v) is 13.0. The molecule has 0 spiro atoms. The Labute approximate surface area is 125 Å². The summed E-state index contributed by atoms with van der Waals surface area (Å²) in [4.78, 5) is 3.36. The number of sulfonamides is 1. The van der Waals surface area contributed by atoms with Gasteiger partial charge in [-0.1, -0.05) is 19.8 Å². The van der Waals surface area contributed by atoms with Gasteiger partial charge in [0.15, 0.2) is 0 Å². The average molecular weight is 307 g/mol. The van der Waals surface area contributed by atoms with Gasteiger partial charge >= 0.3 is 0 Å². The van der Waals surface area contributed by atoms with E-state index in [-0.39, 0.29) is 6.04 Å². The number of aromatic amines is 1. The predicted molar refractivity (Wildman–Crippen MR) is 84.5 cm³/mol. The maximum Gasteiger partial charge on any atom is 0.245 e. The van der Waals surface area contributed by atoms with Gasteiger partial charge in [0.1, 0.15) is 4.90 Å². The summed E-state index contributed by atoms with van der Waals surface area (Å²) in [5.74, 6) is 0. The molecular weight excluding hydrogens is 286 g/mol. The molecular formula is C15H21N3O2S. The van der Waals surface area contributed by atoms with Gasteiger partial charge in [-0.3, -0.25) is 0 Å². The number of H-pyrrole nitrogens is 1. The van der Waals surface area contributed by atoms with E-state index in [4.69, 9.17) is 5.73 Å². The number of nitrogen functional groups attached to an aromatic ring is 1. The lowest BCUT2D eigenvalue weighted by atomic mass is 10.2. The number of aromatic nitrogens is 1. The van der Waals surface area contributed by atoms with Crippen molar-refractivity contribution in [2.75, 3.05) is 12.3 Å². The van der Waals surface area contributed by atoms with Crippen molar-refractivity contribution in [3.63, 3.8) is 0 Å². The van der Waals surface area contributed by atoms with Gasteiger partial charge in [0.2, 0.25) is 10.0 Å². The fourth-order valence-corrected chi connectivity index (χ4v) is 5.12. The van der Waals surface area contributed by atoms with Crippen LogP contribution in [0, 0.1) is 0 Å². The largest absolute Gasteiger partial charge is 0.399 e. The maximum absolute atomic E-state index is 13.0. The molecule has 0 bridgehead atoms. The summed E-state index contributed by atoms with van der Waals surface area (Å²) < 4.78 is 27.6. The van der Waals surface area contributed by atoms with Crippen LogP contribution in [0.5, 0.6) is 0 Å². The Balaban J connectivity index is 2.08. The molecule has 1 heterocycles. The molecule has 0 amide bonds. The van der Waals surface area contributed by atoms with Crippen LogP contribution < -0.4 is 5.73 Å². The Morgan fingerprint density at radius 3 is 2.71 bits per heavy atom. The number of rotatable bonds is 4. The minimum Gasteiger partial charge on any atom is -0.399 e. The molecule has 3 N–H and O–H groups in total. The number of fused-ring (bicyclic) bond motifs is 1. The van der Waals surface area contributed by atoms with Crippen LogP contribution in [0.4, 0.5) is 5.69 Å². The molecule has 1 aromatic heterocycles. The van der Waals surface area contributed by atoms with Crippen molar-refractivity contribution in [2.45, 2.75) is 43.5 Å². The number of nitrogens with zero attached hydrogens (tertiary/aromatic N) is 1. The molecule has 21 heavy (non-hydrogen) atoms. The van der Waals surface area contributed by atoms with E-state index in [0.29, 0.717) is 22.5 Å². The van der Waals surface area contributed by atoms with Crippen LogP contribution in [0.25, 0.3) is 10.9 Å². The van der Waals surface area contributed by atoms with Crippen LogP contribution in [-0.4, -0.2) is 30.3 Å². The smallest absolute Gasteiger partial charge is 0.245 e. The van der Waals surface area contributed by atoms with Crippen LogP contribution >= 0.6 is 0 Å². The monoisotopic (exact) mass is 307 g/mol. The van der Waals surface area contributed by atoms with E-state index in [1.807, 2.05) is 13.0 Å². The number of nitrogens with one attached hydrogen (secondary N) is 1. The molecule has 1 fully saturated rings. The van der Waals surface area contributed by atoms with Gasteiger partial charge in [-0.25, -0.2) is 8.42 Å². The molecule has 1 saturated carbocycles. The van der Waals surface area contributed by atoms with Gasteiger partial charge in [-0.05, 0) is 31.0 Å². The quantitative estimate of drug-likeness (QED) is 0.852. The van der Waals surface area contributed by atoms with Crippen LogP contribution in [0.1, 0.15) is 32.6 Å². The number of nitrogens with two attached hydrogens (primary N) is 1. The molecule has 1 aromatic carbocycles. The highest BCUT2D eigenvalue weighted by Gasteiger charge is 2.33. The average Bonchev–Trinajstić information content (AvgIpc) is 3.07. The lowest BCUT2D eigenvalue weighted by Gasteiger charge is -2.26. The molecule has 0 radical (unpaired) electrons. The highest BCUT2D eigenvalue weighted by Crippen LogP contribution is 2.32. The van der Waals surface area contributed by atoms with Gasteiger partial charge in [0.25, 0.3) is 0 Å². The molecule has 114 valence electrons. The molecule has 1 aliphatic rings. The fraction of sp³-hybridized carbons (Fsp3) is 0.467. The molecule has 0 saturated heterocycles. The predicted octanol–water partition coefficient (Wildman–Crippen LogP) is 2.70. The summed E-state index contributed by atoms with van der Waals surface area (Å²) >= 11 is 0. The van der Waals surface area contributed by atoms with Crippen molar-refractivity contribution in [1.82, 2.24) is 9.29 Å². The van der Waals surface area contributed by atoms with E-state index in [1.54, 1.807) is 22.6 Å². The number of anilines is 1. The van der Waals surface area contributed by atoms with Crippen LogP contribution in [0.15, 0.2) is 29.3 Å². The second-order valence-corrected chi connectivity index (χ2v) is 7.46. The van der Waals surface area contributed by atoms with Crippen molar-refractivity contribution < 1.29 is 8.42 Å². The number of hydrogen-bond acceptors (Lipinski definition) is 3. The Bertz CT molecular complexity index is 745. The molecule has 3 rings (SSSR count). The third-order valence-electron chi connectivity index (χ3n) is 4.30. The minimum atomic E-state index is -3.49. The minimum absolute atomic E-state index is 0.131. The topological polar surface area (TPSA) is 79.2 Å². The number of benzene rings is 1. The first-order chi connectivity index (χ1) is 10.0. The highest BCUT2D eigenvalue weighted by atomic mass is 32.2. The Kier molecular flexibility index (Phi) is 3.67. The SMILES string of the molecule is CCN(C1CCCC1)S(=O)(=O)c1c[nH]c2ccc(N)cc12. The van der Waals surface area contributed by atoms with Gasteiger partial charge in [0.05, 0.1) is 0 Å². The van der Waals surface area contributed by atoms with Gasteiger partial charge in [0, 0.05) is 35.4 Å². The van der Waals surface area contributed by atoms with Crippen molar-refractivity contribution >= 4 is 26.6 Å². The molecule has 0 aliphatic heterocycles. The second kappa shape index (κ2) is 5.35. The highest BCUT2D eigenvalue weighted by molar-refractivity contribution is 7.89. The summed E-state index contributed by atoms with van der Waals surface area (Å²) in [6.07, 6.45) is 5.71. The van der Waals surface area contributed by atoms with Crippen LogP contribution in [-0.2, 0) is 10.0 Å². The van der Waals surface area contributed by atoms with Gasteiger partial charge in [-0.15, -0.1) is 0 Å². The standard InChI is InChI=1S/C15H21N3O2S/c1-2-18(12-5-3-4-6-12)21(19,20)15-10-17-14-8-7-11(16)9-13(14)15/h7-10,12,17H,2-6,16H2,1H3. The molecule has 5 nitrogen and oxygen atoms in total. The third-order valence-corrected chi connectivity index (χ3v) is 6.37. The van der Waals surface area contributed by atoms with Gasteiger partial charge in [-0.2, -0.15) is 4.31 Å². The van der Waals surface area contributed by atoms with Crippen molar-refractivity contribution in [3.05, 3.63) is 24.4 Å². The lowest BCUT2D eigenvalue weighted by Crippen LogP contribution is -2.38. The van der Waals surface area contributed by atoms with Crippen molar-refractivity contribution in [3.8, 4) is 0 Å². The van der Waals surface area contributed by atoms with E-state index in [2.05, 4.69) is 4.98 Å². The summed E-state index contributed by atoms with van der Waals surface area (Å²) in [6.45, 7) is 2.40. The summed E-state index contributed by atoms with van der Waals surface area (Å²) in [7, 11) is -3.49. The second-order valence-electron chi connectivity index (χ2n) is 5.60. The van der Waals surface area contributed by atoms with Crippen molar-refractivity contribution in [2.24, 2.45) is 0 Å². The first-order valence-electron chi connectivity index (χ1n) is 7.42. The molecule has 0 atom stereocenters. The molecule has 2 aromatic rings. The lowest BCUT2D eigenvalue weighted by molar-refractivity contribution is 0.336. The zero-order valence-electron chi connectivity index (χ0n) is 12.2. The van der Waals surface area contributed by atoms with Crippen LogP contribution in [0.3, 0.4) is 0 Å². The summed E-state index contributed by atoms with van der Waals surface area (Å²) in [6, 6.07) is 5.44. The van der Waals surface area contributed by atoms with Gasteiger partial charge < -0.3 is 10.7 Å². The Morgan fingerprint density at radius 1 is 1.33 bits per heavy atom. The summed E-state index contributed by atoms with van der Waals surface area (Å²) in [5.41, 5.74) is 7.17. The Morgan fingerprint density at radius 2 is 2.05 bits per heavy atom. The third kappa shape index (κ3) is 2.42. The van der Waals surface area contributed by atoms with E-state index in [1.165, 1.54) is 0 Å². The Hall–Kier alpha value is -1.53. The van der Waals surface area contributed by atoms with E-state index < -0.39 is 10.0 Å². The van der Waals surface area contributed by atoms with Crippen molar-refractivity contribution in [1.29, 1.82) is 0 Å². The summed E-state index contributed by atoms with van der Waals surface area (Å²) in [5, 5.41) is 0.673. The van der Waals surface area contributed by atoms with Crippen LogP contribution in [0.2, 0.25) is 0 Å². The fourth-order valence-electron chi connectivity index (χ4n) is 3.27. The number of hydrogen-bond donors (Lipinski definition) is 2. The zero-order chi connectivity index (χ0) is 15.0. The molecule has 1 aliphatic carbocycles. The van der Waals surface area contributed by atoms with E-state index >= 15 is 0 Å². The van der Waals surface area contributed by atoms with E-state index in [9.17, 15) is 8.42 Å². The molecule has 0 unspecified atom stereocenters. The van der Waals surface area contributed by atoms with E-state index in [0.717, 1.165) is 31.2 Å². The first-order valence-corrected chi connectivity index (χ1v) is 8.86. The maximum atomic E-state index is 13.0.